The van der Waals surface area contributed by atoms with Crippen molar-refractivity contribution < 1.29 is 14.4 Å². The van der Waals surface area contributed by atoms with E-state index in [1.165, 1.54) is 0 Å². The van der Waals surface area contributed by atoms with Crippen LogP contribution in [0.5, 0.6) is 0 Å². The molecule has 0 bridgehead atoms. The number of benzene rings is 2. The van der Waals surface area contributed by atoms with Crippen molar-refractivity contribution in [2.24, 2.45) is 0 Å². The van der Waals surface area contributed by atoms with Crippen LogP contribution < -0.4 is 0 Å². The largest absolute Gasteiger partial charge is 0.372 e. The zero-order valence-corrected chi connectivity index (χ0v) is 12.4. The number of hydroxylamine groups is 2. The van der Waals surface area contributed by atoms with Crippen LogP contribution >= 0.6 is 0 Å². The zero-order valence-electron chi connectivity index (χ0n) is 12.4. The van der Waals surface area contributed by atoms with Crippen LogP contribution in [0.3, 0.4) is 0 Å². The molecule has 1 aliphatic rings. The summed E-state index contributed by atoms with van der Waals surface area (Å²) in [5.41, 5.74) is 1.72. The van der Waals surface area contributed by atoms with Crippen molar-refractivity contribution in [3.8, 4) is 0 Å². The van der Waals surface area contributed by atoms with Crippen molar-refractivity contribution in [2.45, 2.75) is 19.1 Å². The molecule has 4 nitrogen and oxygen atoms in total. The second kappa shape index (κ2) is 7.20. The Kier molecular flexibility index (Phi) is 4.83. The average molecular weight is 297 g/mol. The number of carbonyl (C=O) groups excluding carboxylic acids is 1. The monoisotopic (exact) mass is 297 g/mol. The predicted molar refractivity (Wildman–Crippen MR) is 83.1 cm³/mol. The molecule has 22 heavy (non-hydrogen) atoms. The topological polar surface area (TPSA) is 38.8 Å². The highest BCUT2D eigenvalue weighted by molar-refractivity contribution is 5.89. The van der Waals surface area contributed by atoms with Crippen LogP contribution in [0, 0.1) is 0 Å². The van der Waals surface area contributed by atoms with Gasteiger partial charge in [-0.05, 0) is 24.1 Å². The normalized spacial score (nSPS) is 18.3. The Bertz CT molecular complexity index is 600. The molecule has 0 aliphatic carbocycles. The zero-order chi connectivity index (χ0) is 15.2. The molecular weight excluding hydrogens is 278 g/mol. The second-order valence-corrected chi connectivity index (χ2v) is 5.34. The van der Waals surface area contributed by atoms with Crippen molar-refractivity contribution in [3.63, 3.8) is 0 Å². The summed E-state index contributed by atoms with van der Waals surface area (Å²) in [6, 6.07) is 19.1. The summed E-state index contributed by atoms with van der Waals surface area (Å²) in [6.45, 7) is 1.91. The molecule has 2 aromatic carbocycles. The van der Waals surface area contributed by atoms with E-state index in [1.807, 2.05) is 48.5 Å². The van der Waals surface area contributed by atoms with E-state index >= 15 is 0 Å². The lowest BCUT2D eigenvalue weighted by atomic mass is 10.2. The number of nitrogens with zero attached hydrogens (tertiary/aromatic N) is 1. The van der Waals surface area contributed by atoms with Crippen LogP contribution in [0.4, 0.5) is 0 Å². The van der Waals surface area contributed by atoms with Crippen LogP contribution in [0.15, 0.2) is 60.7 Å². The molecule has 1 fully saturated rings. The van der Waals surface area contributed by atoms with Crippen molar-refractivity contribution in [2.75, 3.05) is 13.1 Å². The fourth-order valence-electron chi connectivity index (χ4n) is 2.45. The van der Waals surface area contributed by atoms with Crippen LogP contribution in [0.25, 0.3) is 0 Å². The molecule has 3 rings (SSSR count). The third kappa shape index (κ3) is 3.93. The van der Waals surface area contributed by atoms with E-state index in [-0.39, 0.29) is 12.1 Å². The van der Waals surface area contributed by atoms with Gasteiger partial charge in [0.05, 0.1) is 24.8 Å². The lowest BCUT2D eigenvalue weighted by molar-refractivity contribution is -0.102. The summed E-state index contributed by atoms with van der Waals surface area (Å²) in [5, 5.41) is 1.69. The standard InChI is InChI=1S/C18H19NO3/c20-18(16-9-5-2-6-10-16)22-19-12-11-17(13-19)21-14-15-7-3-1-4-8-15/h1-10,17H,11-14H2/t17-/m1/s1. The number of ether oxygens (including phenoxy) is 1. The smallest absolute Gasteiger partial charge is 0.357 e. The van der Waals surface area contributed by atoms with Crippen LogP contribution in [0.2, 0.25) is 0 Å². The maximum absolute atomic E-state index is 12.0. The predicted octanol–water partition coefficient (Wildman–Crippen LogP) is 3.05. The minimum absolute atomic E-state index is 0.101. The number of hydrogen-bond donors (Lipinski definition) is 0. The van der Waals surface area contributed by atoms with Gasteiger partial charge in [0.15, 0.2) is 0 Å². The number of hydrogen-bond acceptors (Lipinski definition) is 4. The van der Waals surface area contributed by atoms with E-state index < -0.39 is 0 Å². The summed E-state index contributed by atoms with van der Waals surface area (Å²) in [5.74, 6) is -0.315. The molecule has 1 atom stereocenters. The Morgan fingerprint density at radius 1 is 1.05 bits per heavy atom. The quantitative estimate of drug-likeness (QED) is 0.850. The van der Waals surface area contributed by atoms with Gasteiger partial charge in [0, 0.05) is 6.54 Å². The molecule has 1 heterocycles. The Hall–Kier alpha value is -2.17. The maximum atomic E-state index is 12.0. The lowest BCUT2D eigenvalue weighted by Crippen LogP contribution is -2.27. The molecular formula is C18H19NO3. The lowest BCUT2D eigenvalue weighted by Gasteiger charge is -2.16. The fraction of sp³-hybridized carbons (Fsp3) is 0.278. The maximum Gasteiger partial charge on any atom is 0.357 e. The average Bonchev–Trinajstić information content (AvgIpc) is 3.02. The third-order valence-electron chi connectivity index (χ3n) is 3.66. The van der Waals surface area contributed by atoms with Gasteiger partial charge in [-0.1, -0.05) is 48.5 Å². The Morgan fingerprint density at radius 3 is 2.45 bits per heavy atom. The van der Waals surface area contributed by atoms with E-state index in [0.717, 1.165) is 12.0 Å². The molecule has 0 spiro atoms. The van der Waals surface area contributed by atoms with E-state index in [0.29, 0.717) is 25.3 Å². The number of rotatable bonds is 5. The Labute approximate surface area is 130 Å². The van der Waals surface area contributed by atoms with Crippen LogP contribution in [-0.2, 0) is 16.2 Å². The fourth-order valence-corrected chi connectivity index (χ4v) is 2.45. The van der Waals surface area contributed by atoms with Crippen molar-refractivity contribution in [1.82, 2.24) is 5.06 Å². The molecule has 0 unspecified atom stereocenters. The molecule has 0 radical (unpaired) electrons. The van der Waals surface area contributed by atoms with Gasteiger partial charge >= 0.3 is 5.97 Å². The van der Waals surface area contributed by atoms with Crippen molar-refractivity contribution in [1.29, 1.82) is 0 Å². The summed E-state index contributed by atoms with van der Waals surface area (Å²) in [6.07, 6.45) is 0.971. The van der Waals surface area contributed by atoms with E-state index in [4.69, 9.17) is 9.57 Å². The first kappa shape index (κ1) is 14.8. The highest BCUT2D eigenvalue weighted by Gasteiger charge is 2.26. The molecule has 0 saturated carbocycles. The van der Waals surface area contributed by atoms with Crippen molar-refractivity contribution >= 4 is 5.97 Å². The minimum Gasteiger partial charge on any atom is -0.372 e. The molecule has 4 heteroatoms. The van der Waals surface area contributed by atoms with E-state index in [1.54, 1.807) is 17.2 Å². The van der Waals surface area contributed by atoms with E-state index in [9.17, 15) is 4.79 Å². The summed E-state index contributed by atoms with van der Waals surface area (Å²) in [7, 11) is 0. The second-order valence-electron chi connectivity index (χ2n) is 5.34. The van der Waals surface area contributed by atoms with Gasteiger partial charge in [0.2, 0.25) is 0 Å². The Balaban J connectivity index is 1.45. The molecule has 0 N–H and O–H groups in total. The molecule has 2 aromatic rings. The van der Waals surface area contributed by atoms with Gasteiger partial charge in [-0.3, -0.25) is 0 Å². The van der Waals surface area contributed by atoms with Crippen LogP contribution in [0.1, 0.15) is 22.3 Å². The summed E-state index contributed by atoms with van der Waals surface area (Å²) >= 11 is 0. The summed E-state index contributed by atoms with van der Waals surface area (Å²) < 4.78 is 5.87. The van der Waals surface area contributed by atoms with Crippen LogP contribution in [-0.4, -0.2) is 30.2 Å². The molecule has 114 valence electrons. The third-order valence-corrected chi connectivity index (χ3v) is 3.66. The van der Waals surface area contributed by atoms with Gasteiger partial charge in [0.25, 0.3) is 0 Å². The highest BCUT2D eigenvalue weighted by atomic mass is 16.7. The van der Waals surface area contributed by atoms with Gasteiger partial charge in [-0.15, -0.1) is 5.06 Å². The molecule has 1 aliphatic heterocycles. The van der Waals surface area contributed by atoms with Gasteiger partial charge < -0.3 is 9.57 Å². The first-order valence-corrected chi connectivity index (χ1v) is 7.49. The molecule has 0 amide bonds. The Morgan fingerprint density at radius 2 is 1.73 bits per heavy atom. The first-order valence-electron chi connectivity index (χ1n) is 7.49. The highest BCUT2D eigenvalue weighted by Crippen LogP contribution is 2.16. The SMILES string of the molecule is O=C(ON1CC[C@@H](OCc2ccccc2)C1)c1ccccc1. The minimum atomic E-state index is -0.315. The first-order chi connectivity index (χ1) is 10.8. The number of carbonyl (C=O) groups is 1. The molecule has 1 saturated heterocycles. The van der Waals surface area contributed by atoms with E-state index in [2.05, 4.69) is 0 Å². The molecule has 0 aromatic heterocycles. The van der Waals surface area contributed by atoms with Crippen molar-refractivity contribution in [3.05, 3.63) is 71.8 Å². The van der Waals surface area contributed by atoms with Gasteiger partial charge in [-0.25, -0.2) is 4.79 Å². The summed E-state index contributed by atoms with van der Waals surface area (Å²) in [4.78, 5) is 17.4. The van der Waals surface area contributed by atoms with Gasteiger partial charge in [0.1, 0.15) is 0 Å². The van der Waals surface area contributed by atoms with Gasteiger partial charge in [-0.2, -0.15) is 0 Å².